The predicted octanol–water partition coefficient (Wildman–Crippen LogP) is 3.26. The molecule has 0 aliphatic heterocycles. The highest BCUT2D eigenvalue weighted by Gasteiger charge is 2.34. The molecule has 13 nitrogen and oxygen atoms in total. The van der Waals surface area contributed by atoms with Gasteiger partial charge in [-0.25, -0.2) is 14.3 Å². The zero-order chi connectivity index (χ0) is 29.5. The summed E-state index contributed by atoms with van der Waals surface area (Å²) in [4.78, 5) is 45.3. The monoisotopic (exact) mass is 567 g/mol. The highest BCUT2D eigenvalue weighted by molar-refractivity contribution is 5.96. The van der Waals surface area contributed by atoms with Gasteiger partial charge in [0.2, 0.25) is 0 Å². The molecule has 0 aromatic carbocycles. The van der Waals surface area contributed by atoms with Crippen LogP contribution >= 0.6 is 0 Å². The SMILES string of the molecule is COC1CC(n2cccc(Nc3cc(N(C)C(=O)OC(C)(C)C)c4ncc(C(=O)NC5CC[C@H]5OC)n4n3)c2=O)C1. The van der Waals surface area contributed by atoms with Gasteiger partial charge in [-0.2, -0.15) is 0 Å². The molecule has 3 aromatic heterocycles. The van der Waals surface area contributed by atoms with Gasteiger partial charge in [-0.1, -0.05) is 0 Å². The molecule has 5 rings (SSSR count). The van der Waals surface area contributed by atoms with Gasteiger partial charge in [0.05, 0.1) is 30.1 Å². The minimum absolute atomic E-state index is 0.0462. The topological polar surface area (TPSA) is 141 Å². The van der Waals surface area contributed by atoms with Gasteiger partial charge in [-0.05, 0) is 58.6 Å². The number of carbonyl (C=O) groups is 2. The van der Waals surface area contributed by atoms with Gasteiger partial charge in [0.25, 0.3) is 11.5 Å². The average Bonchev–Trinajstić information content (AvgIpc) is 3.30. The molecule has 2 aliphatic carbocycles. The summed E-state index contributed by atoms with van der Waals surface area (Å²) >= 11 is 0. The normalized spacial score (nSPS) is 22.0. The van der Waals surface area contributed by atoms with Crippen molar-refractivity contribution in [3.63, 3.8) is 0 Å². The number of fused-ring (bicyclic) bond motifs is 1. The van der Waals surface area contributed by atoms with Gasteiger partial charge in [0, 0.05) is 39.6 Å². The Bertz CT molecular complexity index is 1500. The van der Waals surface area contributed by atoms with Crippen molar-refractivity contribution in [1.29, 1.82) is 0 Å². The number of imidazole rings is 1. The molecule has 0 saturated heterocycles. The number of hydrogen-bond acceptors (Lipinski definition) is 9. The summed E-state index contributed by atoms with van der Waals surface area (Å²) in [5.74, 6) is -0.133. The van der Waals surface area contributed by atoms with Crippen LogP contribution in [0.3, 0.4) is 0 Å². The molecule has 220 valence electrons. The number of nitrogens with zero attached hydrogens (tertiary/aromatic N) is 5. The molecule has 0 spiro atoms. The molecule has 2 aliphatic rings. The Kier molecular flexibility index (Phi) is 7.75. The fraction of sp³-hybridized carbons (Fsp3) is 0.536. The Morgan fingerprint density at radius 2 is 1.90 bits per heavy atom. The van der Waals surface area contributed by atoms with Crippen molar-refractivity contribution in [2.24, 2.45) is 0 Å². The molecule has 1 unspecified atom stereocenters. The Labute approximate surface area is 237 Å². The number of nitrogens with one attached hydrogen (secondary N) is 2. The fourth-order valence-corrected chi connectivity index (χ4v) is 4.99. The van der Waals surface area contributed by atoms with Crippen LogP contribution in [0.15, 0.2) is 35.4 Å². The minimum atomic E-state index is -0.727. The van der Waals surface area contributed by atoms with Crippen LogP contribution in [-0.4, -0.2) is 76.3 Å². The van der Waals surface area contributed by atoms with Crippen molar-refractivity contribution in [1.82, 2.24) is 24.5 Å². The fourth-order valence-electron chi connectivity index (χ4n) is 4.99. The molecule has 2 N–H and O–H groups in total. The lowest BCUT2D eigenvalue weighted by Gasteiger charge is -2.35. The van der Waals surface area contributed by atoms with Crippen LogP contribution in [0.5, 0.6) is 0 Å². The minimum Gasteiger partial charge on any atom is -0.443 e. The number of rotatable bonds is 8. The third kappa shape index (κ3) is 5.77. The van der Waals surface area contributed by atoms with Crippen molar-refractivity contribution in [2.45, 2.75) is 76.3 Å². The number of ether oxygens (including phenoxy) is 3. The smallest absolute Gasteiger partial charge is 0.414 e. The third-order valence-electron chi connectivity index (χ3n) is 7.57. The molecular formula is C28H37N7O6. The number of amides is 2. The van der Waals surface area contributed by atoms with Crippen LogP contribution in [0.25, 0.3) is 5.65 Å². The number of hydrogen-bond donors (Lipinski definition) is 2. The molecule has 3 aromatic rings. The summed E-state index contributed by atoms with van der Waals surface area (Å²) in [5, 5.41) is 10.7. The summed E-state index contributed by atoms with van der Waals surface area (Å²) < 4.78 is 19.4. The van der Waals surface area contributed by atoms with E-state index in [0.717, 1.165) is 25.7 Å². The lowest BCUT2D eigenvalue weighted by molar-refractivity contribution is 0.00522. The van der Waals surface area contributed by atoms with Gasteiger partial charge < -0.3 is 29.4 Å². The zero-order valence-electron chi connectivity index (χ0n) is 24.2. The first kappa shape index (κ1) is 28.6. The van der Waals surface area contributed by atoms with Gasteiger partial charge in [-0.3, -0.25) is 14.5 Å². The second-order valence-electron chi connectivity index (χ2n) is 11.5. The summed E-state index contributed by atoms with van der Waals surface area (Å²) in [6.07, 6.45) is 5.84. The molecular weight excluding hydrogens is 530 g/mol. The standard InChI is InChI=1S/C28H37N7O6/c1-28(2,3)41-27(38)33(4)20-14-23(30-19-8-7-11-34(26(19)37)16-12-17(13-16)39-5)32-35-21(15-29-24(20)35)25(36)31-18-9-10-22(18)40-6/h7-8,11,14-18,22H,9-10,12-13H2,1-6H3,(H,30,32)(H,31,36)/t16?,17?,18?,22-/m1/s1. The summed E-state index contributed by atoms with van der Waals surface area (Å²) in [6.45, 7) is 5.32. The van der Waals surface area contributed by atoms with Crippen molar-refractivity contribution in [2.75, 3.05) is 31.5 Å². The molecule has 0 bridgehead atoms. The Balaban J connectivity index is 1.51. The maximum absolute atomic E-state index is 13.3. The summed E-state index contributed by atoms with van der Waals surface area (Å²) in [5.41, 5.74) is 0.151. The van der Waals surface area contributed by atoms with E-state index in [0.29, 0.717) is 11.4 Å². The van der Waals surface area contributed by atoms with E-state index in [1.165, 1.54) is 15.6 Å². The summed E-state index contributed by atoms with van der Waals surface area (Å²) in [7, 11) is 4.84. The van der Waals surface area contributed by atoms with E-state index in [1.807, 2.05) is 0 Å². The van der Waals surface area contributed by atoms with Crippen molar-refractivity contribution in [3.05, 3.63) is 46.6 Å². The molecule has 13 heteroatoms. The van der Waals surface area contributed by atoms with Gasteiger partial charge in [0.15, 0.2) is 17.2 Å². The van der Waals surface area contributed by atoms with Gasteiger partial charge >= 0.3 is 6.09 Å². The number of methoxy groups -OCH3 is 2. The first-order chi connectivity index (χ1) is 19.5. The van der Waals surface area contributed by atoms with Crippen LogP contribution in [0.1, 0.15) is 63.0 Å². The molecule has 0 radical (unpaired) electrons. The summed E-state index contributed by atoms with van der Waals surface area (Å²) in [6, 6.07) is 4.98. The second kappa shape index (κ2) is 11.1. The molecule has 2 atom stereocenters. The third-order valence-corrected chi connectivity index (χ3v) is 7.57. The van der Waals surface area contributed by atoms with Crippen molar-refractivity contribution >= 4 is 34.8 Å². The molecule has 2 amide bonds. The van der Waals surface area contributed by atoms with E-state index in [-0.39, 0.29) is 52.9 Å². The quantitative estimate of drug-likeness (QED) is 0.419. The second-order valence-corrected chi connectivity index (χ2v) is 11.5. The van der Waals surface area contributed by atoms with E-state index in [9.17, 15) is 14.4 Å². The van der Waals surface area contributed by atoms with Crippen LogP contribution in [0.4, 0.5) is 22.0 Å². The maximum Gasteiger partial charge on any atom is 0.414 e. The predicted molar refractivity (Wildman–Crippen MR) is 152 cm³/mol. The van der Waals surface area contributed by atoms with E-state index in [1.54, 1.807) is 71.0 Å². The lowest BCUT2D eigenvalue weighted by atomic mass is 9.89. The van der Waals surface area contributed by atoms with Gasteiger partial charge in [0.1, 0.15) is 11.3 Å². The van der Waals surface area contributed by atoms with Crippen LogP contribution in [0.2, 0.25) is 0 Å². The van der Waals surface area contributed by atoms with E-state index in [2.05, 4.69) is 20.7 Å². The average molecular weight is 568 g/mol. The van der Waals surface area contributed by atoms with E-state index >= 15 is 0 Å². The first-order valence-corrected chi connectivity index (χ1v) is 13.7. The lowest BCUT2D eigenvalue weighted by Crippen LogP contribution is -2.51. The van der Waals surface area contributed by atoms with Crippen LogP contribution in [-0.2, 0) is 14.2 Å². The molecule has 2 fully saturated rings. The highest BCUT2D eigenvalue weighted by atomic mass is 16.6. The maximum atomic E-state index is 13.3. The Hall–Kier alpha value is -3.97. The van der Waals surface area contributed by atoms with E-state index in [4.69, 9.17) is 14.2 Å². The molecule has 3 heterocycles. The highest BCUT2D eigenvalue weighted by Crippen LogP contribution is 2.33. The number of pyridine rings is 1. The van der Waals surface area contributed by atoms with Crippen LogP contribution in [0, 0.1) is 0 Å². The largest absolute Gasteiger partial charge is 0.443 e. The first-order valence-electron chi connectivity index (χ1n) is 13.7. The molecule has 41 heavy (non-hydrogen) atoms. The van der Waals surface area contributed by atoms with Crippen molar-refractivity contribution < 1.29 is 23.8 Å². The molecule has 2 saturated carbocycles. The Morgan fingerprint density at radius 3 is 2.54 bits per heavy atom. The Morgan fingerprint density at radius 1 is 1.15 bits per heavy atom. The van der Waals surface area contributed by atoms with E-state index < -0.39 is 11.7 Å². The van der Waals surface area contributed by atoms with Gasteiger partial charge in [-0.15, -0.1) is 5.10 Å². The van der Waals surface area contributed by atoms with Crippen molar-refractivity contribution in [3.8, 4) is 0 Å². The number of carbonyl (C=O) groups excluding carboxylic acids is 2. The number of aromatic nitrogens is 4. The van der Waals surface area contributed by atoms with Crippen LogP contribution < -0.4 is 21.1 Å². The zero-order valence-corrected chi connectivity index (χ0v) is 24.2. The number of anilines is 3.